The van der Waals surface area contributed by atoms with Gasteiger partial charge in [-0.2, -0.15) is 0 Å². The number of hydrogen-bond acceptors (Lipinski definition) is 5. The fraction of sp³-hybridized carbons (Fsp3) is 0.375. The van der Waals surface area contributed by atoms with Crippen molar-refractivity contribution in [1.82, 2.24) is 4.90 Å². The third-order valence-corrected chi connectivity index (χ3v) is 7.79. The Morgan fingerprint density at radius 3 is 2.26 bits per heavy atom. The van der Waals surface area contributed by atoms with Gasteiger partial charge in [0.2, 0.25) is 5.91 Å². The molecule has 202 valence electrons. The number of amides is 2. The Morgan fingerprint density at radius 2 is 1.54 bits per heavy atom. The lowest BCUT2D eigenvalue weighted by molar-refractivity contribution is -0.114. The molecule has 6 rings (SSSR count). The smallest absolute Gasteiger partial charge is 0.410 e. The Kier molecular flexibility index (Phi) is 6.25. The zero-order valence-electron chi connectivity index (χ0n) is 22.9. The summed E-state index contributed by atoms with van der Waals surface area (Å²) in [5, 5.41) is 2.94. The van der Waals surface area contributed by atoms with Crippen molar-refractivity contribution in [2.75, 3.05) is 10.2 Å². The molecular weight excluding hydrogens is 490 g/mol. The standard InChI is InChI=1S/C32H35N3O4/c1-20(36)33-26-10-6-5-9-25(26)21-13-16-28-30(17-21)38-29-12-8-7-11-27(29)35(28)24-18-22-14-15-23(19-24)34(22)31(37)39-32(2,3)4/h5-13,16-17,22-24H,14-15,18-19H2,1-4H3,(H,33,36)/t22-,23+,24+. The van der Waals surface area contributed by atoms with Crippen molar-refractivity contribution < 1.29 is 19.1 Å². The van der Waals surface area contributed by atoms with Crippen LogP contribution in [-0.4, -0.2) is 40.6 Å². The van der Waals surface area contributed by atoms with E-state index >= 15 is 0 Å². The van der Waals surface area contributed by atoms with Gasteiger partial charge < -0.3 is 24.6 Å². The Labute approximate surface area is 229 Å². The molecule has 3 aliphatic rings. The number of fused-ring (bicyclic) bond motifs is 4. The van der Waals surface area contributed by atoms with Crippen molar-refractivity contribution in [2.24, 2.45) is 0 Å². The molecule has 0 saturated carbocycles. The van der Waals surface area contributed by atoms with Gasteiger partial charge in [-0.25, -0.2) is 4.79 Å². The molecule has 7 heteroatoms. The first-order chi connectivity index (χ1) is 18.7. The maximum absolute atomic E-state index is 13.1. The highest BCUT2D eigenvalue weighted by Crippen LogP contribution is 2.52. The molecular formula is C32H35N3O4. The van der Waals surface area contributed by atoms with Gasteiger partial charge in [0.15, 0.2) is 11.5 Å². The van der Waals surface area contributed by atoms with Gasteiger partial charge in [0.25, 0.3) is 0 Å². The van der Waals surface area contributed by atoms with E-state index in [1.807, 2.05) is 68.1 Å². The number of nitrogens with one attached hydrogen (secondary N) is 1. The van der Waals surface area contributed by atoms with Crippen LogP contribution in [0.5, 0.6) is 11.5 Å². The van der Waals surface area contributed by atoms with Crippen LogP contribution in [0.3, 0.4) is 0 Å². The number of hydrogen-bond donors (Lipinski definition) is 1. The van der Waals surface area contributed by atoms with Gasteiger partial charge in [-0.1, -0.05) is 36.4 Å². The minimum absolute atomic E-state index is 0.107. The summed E-state index contributed by atoms with van der Waals surface area (Å²) in [6, 6.07) is 22.8. The largest absolute Gasteiger partial charge is 0.453 e. The second-order valence-electron chi connectivity index (χ2n) is 11.7. The summed E-state index contributed by atoms with van der Waals surface area (Å²) in [5.41, 5.74) is 4.23. The number of carbonyl (C=O) groups is 2. The van der Waals surface area contributed by atoms with Crippen LogP contribution in [0.1, 0.15) is 53.4 Å². The second-order valence-corrected chi connectivity index (χ2v) is 11.7. The van der Waals surface area contributed by atoms with Crippen molar-refractivity contribution in [3.63, 3.8) is 0 Å². The van der Waals surface area contributed by atoms with E-state index in [2.05, 4.69) is 34.5 Å². The molecule has 7 nitrogen and oxygen atoms in total. The zero-order chi connectivity index (χ0) is 27.3. The first kappa shape index (κ1) is 25.3. The normalized spacial score (nSPS) is 21.5. The average molecular weight is 526 g/mol. The van der Waals surface area contributed by atoms with Gasteiger partial charge in [-0.3, -0.25) is 4.79 Å². The summed E-state index contributed by atoms with van der Waals surface area (Å²) in [5.74, 6) is 1.49. The second kappa shape index (κ2) is 9.63. The topological polar surface area (TPSA) is 71.1 Å². The van der Waals surface area contributed by atoms with E-state index in [1.54, 1.807) is 0 Å². The average Bonchev–Trinajstić information content (AvgIpc) is 3.16. The van der Waals surface area contributed by atoms with Gasteiger partial charge in [0.05, 0.1) is 11.4 Å². The molecule has 2 bridgehead atoms. The first-order valence-corrected chi connectivity index (χ1v) is 13.8. The third kappa shape index (κ3) is 4.82. The number of benzene rings is 3. The molecule has 2 saturated heterocycles. The molecule has 2 fully saturated rings. The Balaban J connectivity index is 1.34. The highest BCUT2D eigenvalue weighted by atomic mass is 16.6. The van der Waals surface area contributed by atoms with Crippen molar-refractivity contribution in [2.45, 2.75) is 77.1 Å². The molecule has 2 amide bonds. The number of rotatable bonds is 3. The number of ether oxygens (including phenoxy) is 2. The van der Waals surface area contributed by atoms with Crippen LogP contribution in [0.15, 0.2) is 66.7 Å². The summed E-state index contributed by atoms with van der Waals surface area (Å²) < 4.78 is 12.2. The molecule has 3 aliphatic heterocycles. The first-order valence-electron chi connectivity index (χ1n) is 13.8. The summed E-state index contributed by atoms with van der Waals surface area (Å²) in [6.07, 6.45) is 3.54. The molecule has 0 aromatic heterocycles. The van der Waals surface area contributed by atoms with Crippen molar-refractivity contribution in [3.8, 4) is 22.6 Å². The number of anilines is 3. The maximum atomic E-state index is 13.1. The van der Waals surface area contributed by atoms with Gasteiger partial charge in [-0.05, 0) is 82.3 Å². The minimum Gasteiger partial charge on any atom is -0.453 e. The number of piperidine rings is 1. The number of nitrogens with zero attached hydrogens (tertiary/aromatic N) is 2. The summed E-state index contributed by atoms with van der Waals surface area (Å²) in [4.78, 5) is 29.3. The van der Waals surface area contributed by atoms with Crippen molar-refractivity contribution in [1.29, 1.82) is 0 Å². The van der Waals surface area contributed by atoms with Gasteiger partial charge in [0, 0.05) is 36.3 Å². The predicted octanol–water partition coefficient (Wildman–Crippen LogP) is 7.49. The quantitative estimate of drug-likeness (QED) is 0.384. The molecule has 0 unspecified atom stereocenters. The molecule has 0 aliphatic carbocycles. The Bertz CT molecular complexity index is 1410. The molecule has 1 N–H and O–H groups in total. The van der Waals surface area contributed by atoms with E-state index in [4.69, 9.17) is 9.47 Å². The van der Waals surface area contributed by atoms with E-state index in [0.29, 0.717) is 0 Å². The van der Waals surface area contributed by atoms with Crippen molar-refractivity contribution in [3.05, 3.63) is 66.7 Å². The maximum Gasteiger partial charge on any atom is 0.410 e. The third-order valence-electron chi connectivity index (χ3n) is 7.79. The van der Waals surface area contributed by atoms with Crippen LogP contribution in [-0.2, 0) is 9.53 Å². The van der Waals surface area contributed by atoms with Gasteiger partial charge in [-0.15, -0.1) is 0 Å². The van der Waals surface area contributed by atoms with Crippen LogP contribution in [0.25, 0.3) is 11.1 Å². The summed E-state index contributed by atoms with van der Waals surface area (Å²) in [7, 11) is 0. The summed E-state index contributed by atoms with van der Waals surface area (Å²) >= 11 is 0. The van der Waals surface area contributed by atoms with E-state index in [-0.39, 0.29) is 30.1 Å². The SMILES string of the molecule is CC(=O)Nc1ccccc1-c1ccc2c(c1)Oc1ccccc1N2[C@H]1C[C@H]2CC[C@@H](C1)N2C(=O)OC(C)(C)C. The number of para-hydroxylation sites is 3. The van der Waals surface area contributed by atoms with Crippen LogP contribution < -0.4 is 15.0 Å². The Hall–Kier alpha value is -4.00. The van der Waals surface area contributed by atoms with Crippen LogP contribution in [0, 0.1) is 0 Å². The summed E-state index contributed by atoms with van der Waals surface area (Å²) in [6.45, 7) is 7.28. The van der Waals surface area contributed by atoms with Crippen LogP contribution in [0.4, 0.5) is 21.9 Å². The van der Waals surface area contributed by atoms with Crippen molar-refractivity contribution >= 4 is 29.1 Å². The highest BCUT2D eigenvalue weighted by molar-refractivity contribution is 5.94. The van der Waals surface area contributed by atoms with Crippen LogP contribution >= 0.6 is 0 Å². The van der Waals surface area contributed by atoms with E-state index < -0.39 is 5.60 Å². The molecule has 3 atom stereocenters. The van der Waals surface area contributed by atoms with Gasteiger partial charge in [0.1, 0.15) is 5.60 Å². The van der Waals surface area contributed by atoms with Crippen LogP contribution in [0.2, 0.25) is 0 Å². The lowest BCUT2D eigenvalue weighted by atomic mass is 9.93. The lowest BCUT2D eigenvalue weighted by Gasteiger charge is -2.45. The molecule has 3 aromatic rings. The zero-order valence-corrected chi connectivity index (χ0v) is 22.9. The lowest BCUT2D eigenvalue weighted by Crippen LogP contribution is -2.53. The molecule has 39 heavy (non-hydrogen) atoms. The van der Waals surface area contributed by atoms with Gasteiger partial charge >= 0.3 is 6.09 Å². The fourth-order valence-electron chi connectivity index (χ4n) is 6.35. The highest BCUT2D eigenvalue weighted by Gasteiger charge is 2.47. The Morgan fingerprint density at radius 1 is 0.872 bits per heavy atom. The monoisotopic (exact) mass is 525 g/mol. The fourth-order valence-corrected chi connectivity index (χ4v) is 6.35. The van der Waals surface area contributed by atoms with E-state index in [1.165, 1.54) is 6.92 Å². The molecule has 3 aromatic carbocycles. The van der Waals surface area contributed by atoms with E-state index in [9.17, 15) is 9.59 Å². The molecule has 0 radical (unpaired) electrons. The molecule has 3 heterocycles. The predicted molar refractivity (Wildman–Crippen MR) is 153 cm³/mol. The molecule has 0 spiro atoms. The minimum atomic E-state index is -0.508. The van der Waals surface area contributed by atoms with E-state index in [0.717, 1.165) is 65.4 Å². The number of carbonyl (C=O) groups excluding carboxylic acids is 2.